The molecule has 5 atom stereocenters. The monoisotopic (exact) mass is 1580 g/mol. The van der Waals surface area contributed by atoms with E-state index in [-0.39, 0.29) is 0 Å². The van der Waals surface area contributed by atoms with E-state index in [1.54, 1.807) is 54.0 Å². The fourth-order valence-electron chi connectivity index (χ4n) is 16.3. The molecule has 2 aromatic carbocycles. The van der Waals surface area contributed by atoms with Gasteiger partial charge in [-0.15, -0.1) is 0 Å². The molecule has 9 aliphatic rings. The van der Waals surface area contributed by atoms with Gasteiger partial charge in [0.2, 0.25) is 0 Å². The molecule has 5 heterocycles. The van der Waals surface area contributed by atoms with Crippen molar-refractivity contribution in [1.29, 1.82) is 0 Å². The Morgan fingerprint density at radius 2 is 0.838 bits per heavy atom. The maximum atomic E-state index is 5.67. The molecule has 105 heavy (non-hydrogen) atoms. The number of benzene rings is 2. The standard InChI is InChI=1S/C43H64N2P.C17H25N2.C7H6.3C5H5N.6C2H6.2ClH.Ru/c1-34-19-15-17-29-40(34)44-31-32-45(41-30-18-16-20-35(41)2)43(44)42(33-36-21-7-3-8-22-36)46(37-23-9-4-10-24-37,38-25-11-5-12-26-38)39-27-13-6-14-28-39;1-14-7-3-5-9-16(14)18-11-12-19(13-18)17-10-6-4-8-15(17)2;1-7-5-3-2-4-6-7;3*1-2-4-6-5-3-1;6*1-2;;;/h3,7-8,15,17,20-22,29,33-34,37-39,41,43H,4-6,9-14,16,18-19,23-28,30-32H2,1-2H3;3,5,8-9,13-14,17H,4,6-7,10-12H2,1-2H3;1-6H;3*1-5H;6*1-2H3;2*1H;/q+1;-1;;;;;;;;;;;;;+2/p-2/b42-33-;;;;;;;;;;;;;;/t34-,41+,43?;14-,17+;;;;;;;;;;;;;/m00............./s1. The number of pyridine rings is 3. The fraction of sp³-hybridized carbons (Fsp3) is 0.543. The molecule has 0 radical (unpaired) electrons. The molecule has 11 heteroatoms. The van der Waals surface area contributed by atoms with E-state index in [1.807, 2.05) is 178 Å². The van der Waals surface area contributed by atoms with Crippen LogP contribution in [0.4, 0.5) is 0 Å². The van der Waals surface area contributed by atoms with Crippen LogP contribution in [0.1, 0.15) is 270 Å². The predicted molar refractivity (Wildman–Crippen MR) is 466 cm³/mol. The average molecular weight is 1580 g/mol. The number of hydrogen-bond acceptors (Lipinski definition) is 7. The van der Waals surface area contributed by atoms with Crippen molar-refractivity contribution in [3.05, 3.63) is 247 Å². The van der Waals surface area contributed by atoms with Crippen LogP contribution in [-0.4, -0.2) is 101 Å². The maximum absolute atomic E-state index is 5.67. The molecule has 5 aromatic rings. The molecule has 5 fully saturated rings. The first-order valence-electron chi connectivity index (χ1n) is 41.8. The van der Waals surface area contributed by atoms with Crippen molar-refractivity contribution in [3.8, 4) is 0 Å². The zero-order valence-electron chi connectivity index (χ0n) is 68.7. The summed E-state index contributed by atoms with van der Waals surface area (Å²) in [5.74, 6) is 1.25. The smallest absolute Gasteiger partial charge is 0.0267 e. The Balaban J connectivity index is 0.000000393. The summed E-state index contributed by atoms with van der Waals surface area (Å²) in [6, 6.07) is 40.0. The van der Waals surface area contributed by atoms with Gasteiger partial charge < -0.3 is 14.7 Å². The molecule has 7 nitrogen and oxygen atoms in total. The molecule has 0 spiro atoms. The van der Waals surface area contributed by atoms with Crippen LogP contribution in [0.3, 0.4) is 0 Å². The van der Waals surface area contributed by atoms with Crippen molar-refractivity contribution in [3.63, 3.8) is 0 Å². The summed E-state index contributed by atoms with van der Waals surface area (Å²) >= 11 is -1.61. The minimum atomic E-state index is -1.61. The summed E-state index contributed by atoms with van der Waals surface area (Å²) in [5.41, 5.74) is 11.7. The third-order valence-electron chi connectivity index (χ3n) is 20.8. The van der Waals surface area contributed by atoms with Gasteiger partial charge in [0.05, 0.1) is 24.2 Å². The fourth-order valence-corrected chi connectivity index (χ4v) is 25.9. The molecular formula is C94H146Cl2N7PRu. The summed E-state index contributed by atoms with van der Waals surface area (Å²) < 4.78 is 1.92. The van der Waals surface area contributed by atoms with Gasteiger partial charge in [-0.05, 0) is 233 Å². The van der Waals surface area contributed by atoms with Crippen molar-refractivity contribution in [2.45, 2.75) is 294 Å². The number of aromatic nitrogens is 3. The van der Waals surface area contributed by atoms with Gasteiger partial charge in [-0.3, -0.25) is 19.9 Å². The van der Waals surface area contributed by atoms with Gasteiger partial charge in [-0.2, -0.15) is 6.67 Å². The summed E-state index contributed by atoms with van der Waals surface area (Å²) in [4.78, 5) is 22.5. The van der Waals surface area contributed by atoms with Crippen LogP contribution in [0.5, 0.6) is 0 Å². The third-order valence-corrected chi connectivity index (χ3v) is 29.1. The van der Waals surface area contributed by atoms with Gasteiger partial charge >= 0.3 is 73.4 Å². The Hall–Kier alpha value is -4.91. The van der Waals surface area contributed by atoms with E-state index < -0.39 is 20.8 Å². The van der Waals surface area contributed by atoms with Gasteiger partial charge in [-0.25, -0.2) is 0 Å². The second-order valence-corrected chi connectivity index (χ2v) is 37.0. The van der Waals surface area contributed by atoms with Crippen molar-refractivity contribution >= 4 is 37.3 Å². The first kappa shape index (κ1) is 94.3. The normalized spacial score (nSPS) is 21.8. The zero-order chi connectivity index (χ0) is 76.7. The summed E-state index contributed by atoms with van der Waals surface area (Å²) in [6.07, 6.45) is 65.4. The molecule has 2 saturated heterocycles. The Labute approximate surface area is 659 Å². The van der Waals surface area contributed by atoms with E-state index >= 15 is 0 Å². The molecule has 2 aliphatic heterocycles. The van der Waals surface area contributed by atoms with Crippen LogP contribution < -0.4 is 0 Å². The largest absolute Gasteiger partial charge is 0.265 e. The molecule has 0 bridgehead atoms. The van der Waals surface area contributed by atoms with E-state index in [1.165, 1.54) is 179 Å². The quantitative estimate of drug-likeness (QED) is 0.0565. The Kier molecular flexibility index (Phi) is 53.0. The van der Waals surface area contributed by atoms with Crippen LogP contribution in [0.25, 0.3) is 6.08 Å². The molecule has 1 unspecified atom stereocenters. The topological polar surface area (TPSA) is 51.6 Å². The molecule has 0 N–H and O–H groups in total. The maximum Gasteiger partial charge on any atom is 0.0267 e. The first-order valence-corrected chi connectivity index (χ1v) is 49.2. The van der Waals surface area contributed by atoms with Gasteiger partial charge in [0.15, 0.2) is 0 Å². The molecular weight excluding hydrogens is 1430 g/mol. The van der Waals surface area contributed by atoms with E-state index in [2.05, 4.69) is 154 Å². The number of allylic oxidation sites excluding steroid dienone is 10. The van der Waals surface area contributed by atoms with E-state index in [4.69, 9.17) is 19.4 Å². The van der Waals surface area contributed by atoms with Crippen molar-refractivity contribution in [2.75, 3.05) is 26.2 Å². The second kappa shape index (κ2) is 59.0. The van der Waals surface area contributed by atoms with Gasteiger partial charge in [-0.1, -0.05) is 212 Å². The van der Waals surface area contributed by atoms with E-state index in [0.717, 1.165) is 29.1 Å². The minimum absolute atomic E-state index is 0.408. The molecule has 7 aliphatic carbocycles. The molecule has 3 saturated carbocycles. The van der Waals surface area contributed by atoms with Crippen LogP contribution in [0, 0.1) is 18.5 Å². The van der Waals surface area contributed by atoms with Gasteiger partial charge in [0.1, 0.15) is 11.5 Å². The molecule has 14 rings (SSSR count). The first-order chi connectivity index (χ1) is 51.7. The third kappa shape index (κ3) is 31.9. The number of halogens is 2. The molecule has 3 aromatic heterocycles. The van der Waals surface area contributed by atoms with Gasteiger partial charge in [0.25, 0.3) is 0 Å². The Bertz CT molecular complexity index is 2950. The molecule has 0 amide bonds. The van der Waals surface area contributed by atoms with Crippen LogP contribution in [-0.2, 0) is 13.5 Å². The molecule has 584 valence electrons. The second-order valence-electron chi connectivity index (χ2n) is 26.9. The van der Waals surface area contributed by atoms with Crippen LogP contribution in [0.2, 0.25) is 0 Å². The number of nitrogens with zero attached hydrogens (tertiary/aromatic N) is 7. The van der Waals surface area contributed by atoms with E-state index in [9.17, 15) is 0 Å². The number of rotatable bonds is 11. The summed E-state index contributed by atoms with van der Waals surface area (Å²) in [6.45, 7) is 40.7. The Morgan fingerprint density at radius 3 is 1.21 bits per heavy atom. The van der Waals surface area contributed by atoms with E-state index in [0.29, 0.717) is 30.1 Å². The SMILES string of the molecule is CC.CC.CC.CC.CC.CC.CC1=CCCC[C@H]1N1CCN(C2=CC=CC[C@@H]2C)C1/C(=C/c1ccccc1)[P+](C1CCCCC1)(C1CCCCC1)C1CCCCC1.CC1=CCCC[C@H]1N1[CH-]N(C2=CC=CC[C@@H]2C)CC1.[Cl][Ru]([Cl])=[CH]c1ccccc1.c1ccncc1.c1ccncc1.c1ccncc1. The number of hydrogen-bond donors (Lipinski definition) is 0. The predicted octanol–water partition coefficient (Wildman–Crippen LogP) is 27.8. The minimum Gasteiger partial charge on any atom is -0.265 e. The van der Waals surface area contributed by atoms with Crippen molar-refractivity contribution in [2.24, 2.45) is 11.8 Å². The van der Waals surface area contributed by atoms with Crippen LogP contribution >= 0.6 is 26.6 Å². The van der Waals surface area contributed by atoms with Crippen LogP contribution in [0.15, 0.2) is 229 Å². The summed E-state index contributed by atoms with van der Waals surface area (Å²) in [5, 5.41) is 1.97. The summed E-state index contributed by atoms with van der Waals surface area (Å²) in [7, 11) is 9.78. The van der Waals surface area contributed by atoms with Crippen molar-refractivity contribution < 1.29 is 13.5 Å². The Morgan fingerprint density at radius 1 is 0.448 bits per heavy atom. The zero-order valence-corrected chi connectivity index (χ0v) is 72.8. The van der Waals surface area contributed by atoms with Gasteiger partial charge in [0, 0.05) is 68.1 Å². The average Bonchev–Trinajstić information content (AvgIpc) is 1.71. The van der Waals surface area contributed by atoms with Crippen molar-refractivity contribution in [1.82, 2.24) is 34.6 Å².